The number of halogens is 2. The molecule has 2 nitrogen and oxygen atoms in total. The number of nitrogens with one attached hydrogen (secondary N) is 1. The SMILES string of the molecule is Cc1cc(F)c(Br)cc1NC1=NC2(CCCC2)CS1. The second kappa shape index (κ2) is 5.09. The fourth-order valence-electron chi connectivity index (χ4n) is 2.73. The third-order valence-corrected chi connectivity index (χ3v) is 5.62. The Morgan fingerprint density at radius 3 is 2.84 bits per heavy atom. The fraction of sp³-hybridized carbons (Fsp3) is 0.500. The highest BCUT2D eigenvalue weighted by Gasteiger charge is 2.38. The zero-order chi connectivity index (χ0) is 13.5. The average molecular weight is 343 g/mol. The first kappa shape index (κ1) is 13.4. The first-order valence-corrected chi connectivity index (χ1v) is 8.31. The standard InChI is InChI=1S/C14H16BrFN2S/c1-9-6-11(16)10(15)7-12(9)17-13-18-14(8-19-13)4-2-3-5-14/h6-7H,2-5,8H2,1H3,(H,17,18). The van der Waals surface area contributed by atoms with Crippen molar-refractivity contribution in [2.24, 2.45) is 4.99 Å². The van der Waals surface area contributed by atoms with Crippen LogP contribution in [0.3, 0.4) is 0 Å². The fourth-order valence-corrected chi connectivity index (χ4v) is 4.27. The van der Waals surface area contributed by atoms with Gasteiger partial charge in [0.15, 0.2) is 5.17 Å². The van der Waals surface area contributed by atoms with Crippen LogP contribution >= 0.6 is 27.7 Å². The van der Waals surface area contributed by atoms with Gasteiger partial charge >= 0.3 is 0 Å². The van der Waals surface area contributed by atoms with Crippen LogP contribution in [0, 0.1) is 12.7 Å². The predicted molar refractivity (Wildman–Crippen MR) is 83.6 cm³/mol. The number of nitrogens with zero attached hydrogens (tertiary/aromatic N) is 1. The smallest absolute Gasteiger partial charge is 0.161 e. The molecule has 0 atom stereocenters. The summed E-state index contributed by atoms with van der Waals surface area (Å²) in [6.07, 6.45) is 4.99. The van der Waals surface area contributed by atoms with Crippen LogP contribution in [-0.4, -0.2) is 16.5 Å². The van der Waals surface area contributed by atoms with E-state index in [1.165, 1.54) is 31.7 Å². The van der Waals surface area contributed by atoms with Gasteiger partial charge in [0.1, 0.15) is 5.82 Å². The van der Waals surface area contributed by atoms with Gasteiger partial charge in [0, 0.05) is 11.4 Å². The summed E-state index contributed by atoms with van der Waals surface area (Å²) in [5.41, 5.74) is 2.00. The van der Waals surface area contributed by atoms with E-state index in [9.17, 15) is 4.39 Å². The van der Waals surface area contributed by atoms with Crippen molar-refractivity contribution >= 4 is 38.5 Å². The maximum atomic E-state index is 13.4. The molecular formula is C14H16BrFN2S. The molecule has 1 N–H and O–H groups in total. The van der Waals surface area contributed by atoms with Gasteiger partial charge in [-0.25, -0.2) is 4.39 Å². The summed E-state index contributed by atoms with van der Waals surface area (Å²) in [6.45, 7) is 1.91. The number of thioether (sulfide) groups is 1. The van der Waals surface area contributed by atoms with Crippen LogP contribution in [0.5, 0.6) is 0 Å². The first-order valence-electron chi connectivity index (χ1n) is 6.53. The lowest BCUT2D eigenvalue weighted by Gasteiger charge is -2.16. The Morgan fingerprint density at radius 2 is 2.11 bits per heavy atom. The molecule has 102 valence electrons. The highest BCUT2D eigenvalue weighted by atomic mass is 79.9. The largest absolute Gasteiger partial charge is 0.335 e. The number of rotatable bonds is 1. The van der Waals surface area contributed by atoms with E-state index in [-0.39, 0.29) is 11.4 Å². The minimum Gasteiger partial charge on any atom is -0.335 e. The molecular weight excluding hydrogens is 327 g/mol. The molecule has 1 spiro atoms. The van der Waals surface area contributed by atoms with E-state index in [2.05, 4.69) is 21.2 Å². The maximum Gasteiger partial charge on any atom is 0.161 e. The van der Waals surface area contributed by atoms with Gasteiger partial charge in [-0.3, -0.25) is 4.99 Å². The van der Waals surface area contributed by atoms with Crippen molar-refractivity contribution in [1.29, 1.82) is 0 Å². The average Bonchev–Trinajstić information content (AvgIpc) is 2.98. The van der Waals surface area contributed by atoms with Crippen LogP contribution in [0.2, 0.25) is 0 Å². The van der Waals surface area contributed by atoms with Gasteiger partial charge in [-0.1, -0.05) is 24.6 Å². The highest BCUT2D eigenvalue weighted by molar-refractivity contribution is 9.10. The molecule has 0 bridgehead atoms. The quantitative estimate of drug-likeness (QED) is 0.798. The van der Waals surface area contributed by atoms with Crippen molar-refractivity contribution < 1.29 is 4.39 Å². The molecule has 19 heavy (non-hydrogen) atoms. The number of aryl methyl sites for hydroxylation is 1. The van der Waals surface area contributed by atoms with E-state index in [0.717, 1.165) is 22.2 Å². The Hall–Kier alpha value is -0.550. The van der Waals surface area contributed by atoms with Crippen molar-refractivity contribution in [2.75, 3.05) is 11.1 Å². The molecule has 1 heterocycles. The molecule has 1 aromatic rings. The molecule has 0 unspecified atom stereocenters. The van der Waals surface area contributed by atoms with Crippen molar-refractivity contribution in [2.45, 2.75) is 38.1 Å². The van der Waals surface area contributed by atoms with Crippen LogP contribution in [0.15, 0.2) is 21.6 Å². The van der Waals surface area contributed by atoms with Gasteiger partial charge < -0.3 is 5.32 Å². The van der Waals surface area contributed by atoms with Crippen LogP contribution < -0.4 is 5.32 Å². The highest BCUT2D eigenvalue weighted by Crippen LogP contribution is 2.41. The molecule has 0 amide bonds. The van der Waals surface area contributed by atoms with E-state index in [1.54, 1.807) is 17.8 Å². The predicted octanol–water partition coefficient (Wildman–Crippen LogP) is 4.72. The topological polar surface area (TPSA) is 24.4 Å². The summed E-state index contributed by atoms with van der Waals surface area (Å²) < 4.78 is 13.9. The molecule has 1 aromatic carbocycles. The number of anilines is 1. The second-order valence-corrected chi connectivity index (χ2v) is 7.16. The lowest BCUT2D eigenvalue weighted by Crippen LogP contribution is -2.21. The Labute approximate surface area is 125 Å². The minimum absolute atomic E-state index is 0.179. The third-order valence-electron chi connectivity index (χ3n) is 3.86. The van der Waals surface area contributed by atoms with Crippen LogP contribution in [0.1, 0.15) is 31.2 Å². The Bertz CT molecular complexity index is 538. The molecule has 1 saturated carbocycles. The summed E-state index contributed by atoms with van der Waals surface area (Å²) in [6, 6.07) is 3.32. The minimum atomic E-state index is -0.226. The van der Waals surface area contributed by atoms with E-state index in [1.807, 2.05) is 6.92 Å². The van der Waals surface area contributed by atoms with Crippen molar-refractivity contribution in [1.82, 2.24) is 0 Å². The molecule has 3 rings (SSSR count). The van der Waals surface area contributed by atoms with Crippen LogP contribution in [-0.2, 0) is 0 Å². The van der Waals surface area contributed by atoms with Gasteiger partial charge in [-0.15, -0.1) is 0 Å². The normalized spacial score (nSPS) is 20.9. The summed E-state index contributed by atoms with van der Waals surface area (Å²) in [5.74, 6) is 0.854. The summed E-state index contributed by atoms with van der Waals surface area (Å²) >= 11 is 5.01. The number of hydrogen-bond acceptors (Lipinski definition) is 3. The first-order chi connectivity index (χ1) is 9.08. The lowest BCUT2D eigenvalue weighted by molar-refractivity contribution is 0.508. The van der Waals surface area contributed by atoms with Gasteiger partial charge in [-0.05, 0) is 53.4 Å². The van der Waals surface area contributed by atoms with Crippen molar-refractivity contribution in [3.05, 3.63) is 28.0 Å². The van der Waals surface area contributed by atoms with E-state index >= 15 is 0 Å². The third kappa shape index (κ3) is 2.68. The zero-order valence-corrected chi connectivity index (χ0v) is 13.2. The molecule has 2 aliphatic rings. The Balaban J connectivity index is 1.81. The van der Waals surface area contributed by atoms with Gasteiger partial charge in [0.2, 0.25) is 0 Å². The molecule has 0 aromatic heterocycles. The number of hydrogen-bond donors (Lipinski definition) is 1. The molecule has 1 aliphatic carbocycles. The van der Waals surface area contributed by atoms with Crippen molar-refractivity contribution in [3.8, 4) is 0 Å². The van der Waals surface area contributed by atoms with Crippen LogP contribution in [0.25, 0.3) is 0 Å². The summed E-state index contributed by atoms with van der Waals surface area (Å²) in [4.78, 5) is 4.87. The van der Waals surface area contributed by atoms with E-state index in [0.29, 0.717) is 4.47 Å². The molecule has 5 heteroatoms. The lowest BCUT2D eigenvalue weighted by atomic mass is 10.0. The van der Waals surface area contributed by atoms with Gasteiger partial charge in [-0.2, -0.15) is 0 Å². The molecule has 1 fully saturated rings. The molecule has 0 radical (unpaired) electrons. The van der Waals surface area contributed by atoms with Gasteiger partial charge in [0.25, 0.3) is 0 Å². The van der Waals surface area contributed by atoms with Crippen LogP contribution in [0.4, 0.5) is 10.1 Å². The van der Waals surface area contributed by atoms with E-state index < -0.39 is 0 Å². The summed E-state index contributed by atoms with van der Waals surface area (Å²) in [7, 11) is 0. The second-order valence-electron chi connectivity index (χ2n) is 5.34. The van der Waals surface area contributed by atoms with Gasteiger partial charge in [0.05, 0.1) is 10.0 Å². The number of benzene rings is 1. The number of amidine groups is 1. The van der Waals surface area contributed by atoms with Crippen molar-refractivity contribution in [3.63, 3.8) is 0 Å². The summed E-state index contributed by atoms with van der Waals surface area (Å²) in [5, 5.41) is 4.32. The Kier molecular flexibility index (Phi) is 3.60. The molecule has 0 saturated heterocycles. The Morgan fingerprint density at radius 1 is 1.37 bits per heavy atom. The monoisotopic (exact) mass is 342 g/mol. The molecule has 1 aliphatic heterocycles. The maximum absolute atomic E-state index is 13.4. The zero-order valence-electron chi connectivity index (χ0n) is 10.8. The number of aliphatic imine (C=N–C) groups is 1. The van der Waals surface area contributed by atoms with E-state index in [4.69, 9.17) is 4.99 Å².